The highest BCUT2D eigenvalue weighted by Gasteiger charge is 2.42. The Bertz CT molecular complexity index is 434. The summed E-state index contributed by atoms with van der Waals surface area (Å²) in [5, 5.41) is 22.4. The van der Waals surface area contributed by atoms with Crippen molar-refractivity contribution in [2.75, 3.05) is 0 Å². The fourth-order valence-electron chi connectivity index (χ4n) is 1.66. The summed E-state index contributed by atoms with van der Waals surface area (Å²) in [5.41, 5.74) is 0.458. The van der Waals surface area contributed by atoms with E-state index in [2.05, 4.69) is 0 Å². The molecule has 1 N–H and O–H groups in total. The Labute approximate surface area is 97.5 Å². The highest BCUT2D eigenvalue weighted by atomic mass is 32.2. The van der Waals surface area contributed by atoms with Crippen LogP contribution in [0.1, 0.15) is 24.2 Å². The first-order valence-electron chi connectivity index (χ1n) is 4.89. The van der Waals surface area contributed by atoms with E-state index in [9.17, 15) is 15.2 Å². The van der Waals surface area contributed by atoms with Gasteiger partial charge in [-0.25, -0.2) is 0 Å². The van der Waals surface area contributed by atoms with Gasteiger partial charge in [0.2, 0.25) is 0 Å². The predicted molar refractivity (Wildman–Crippen MR) is 59.0 cm³/mol. The molecule has 0 spiro atoms. The molecule has 1 aromatic carbocycles. The van der Waals surface area contributed by atoms with E-state index in [4.69, 9.17) is 0 Å². The normalized spacial score (nSPS) is 24.8. The minimum absolute atomic E-state index is 0.365. The first-order valence-corrected chi connectivity index (χ1v) is 5.66. The number of fused-ring (bicyclic) bond motifs is 1. The molecule has 1 atom stereocenters. The van der Waals surface area contributed by atoms with Crippen molar-refractivity contribution in [2.24, 2.45) is 0 Å². The number of benzene rings is 1. The number of rotatable bonds is 1. The van der Waals surface area contributed by atoms with Crippen LogP contribution in [0, 0.1) is 5.21 Å². The lowest BCUT2D eigenvalue weighted by Crippen LogP contribution is -2.57. The lowest BCUT2D eigenvalue weighted by Gasteiger charge is -2.43. The summed E-state index contributed by atoms with van der Waals surface area (Å²) in [7, 11) is 0. The van der Waals surface area contributed by atoms with Crippen molar-refractivity contribution in [3.8, 4) is 0 Å². The largest absolute Gasteiger partial charge is 0.560 e. The number of carbonyl (C=O) groups is 1. The molecule has 16 heavy (non-hydrogen) atoms. The Morgan fingerprint density at radius 2 is 2.06 bits per heavy atom. The molecular formula is C10H12N2O3S. The maximum absolute atomic E-state index is 12.0. The molecule has 86 valence electrons. The van der Waals surface area contributed by atoms with Gasteiger partial charge < -0.3 is 5.21 Å². The predicted octanol–water partition coefficient (Wildman–Crippen LogP) is 2.18. The molecule has 1 heterocycles. The van der Waals surface area contributed by atoms with Gasteiger partial charge in [-0.15, -0.1) is 5.01 Å². The SMILES string of the molecule is CC(C)N1C(=O)c2ccccc2S[N+]1([O-])O. The van der Waals surface area contributed by atoms with E-state index in [-0.39, 0.29) is 6.04 Å². The fourth-order valence-corrected chi connectivity index (χ4v) is 2.66. The van der Waals surface area contributed by atoms with Crippen LogP contribution in [-0.2, 0) is 0 Å². The van der Waals surface area contributed by atoms with Crippen molar-refractivity contribution >= 4 is 17.9 Å². The molecule has 0 aliphatic carbocycles. The summed E-state index contributed by atoms with van der Waals surface area (Å²) in [6, 6.07) is 6.40. The summed E-state index contributed by atoms with van der Waals surface area (Å²) in [6.07, 6.45) is 0. The van der Waals surface area contributed by atoms with Gasteiger partial charge in [-0.05, 0) is 30.3 Å². The van der Waals surface area contributed by atoms with Gasteiger partial charge in [-0.2, -0.15) is 5.21 Å². The summed E-state index contributed by atoms with van der Waals surface area (Å²) < 4.78 is -1.73. The lowest BCUT2D eigenvalue weighted by atomic mass is 10.2. The highest BCUT2D eigenvalue weighted by molar-refractivity contribution is 7.93. The van der Waals surface area contributed by atoms with Crippen LogP contribution in [0.15, 0.2) is 29.2 Å². The average Bonchev–Trinajstić information content (AvgIpc) is 2.15. The van der Waals surface area contributed by atoms with E-state index in [0.29, 0.717) is 22.4 Å². The molecule has 0 aromatic heterocycles. The molecule has 0 fully saturated rings. The Hall–Kier alpha value is -1.08. The third-order valence-corrected chi connectivity index (χ3v) is 3.27. The van der Waals surface area contributed by atoms with Gasteiger partial charge in [0, 0.05) is 0 Å². The van der Waals surface area contributed by atoms with Gasteiger partial charge in [0.05, 0.1) is 16.5 Å². The first-order chi connectivity index (χ1) is 7.43. The molecule has 5 nitrogen and oxygen atoms in total. The van der Waals surface area contributed by atoms with Crippen LogP contribution in [0.5, 0.6) is 0 Å². The van der Waals surface area contributed by atoms with Crippen molar-refractivity contribution in [1.82, 2.24) is 5.01 Å². The molecule has 0 saturated heterocycles. The van der Waals surface area contributed by atoms with Gasteiger partial charge in [0.15, 0.2) is 11.9 Å². The third kappa shape index (κ3) is 1.69. The number of hydrogen-bond acceptors (Lipinski definition) is 4. The van der Waals surface area contributed by atoms with Crippen LogP contribution in [-0.4, -0.2) is 26.5 Å². The molecular weight excluding hydrogens is 228 g/mol. The molecule has 0 saturated carbocycles. The van der Waals surface area contributed by atoms with E-state index in [0.717, 1.165) is 5.01 Å². The maximum atomic E-state index is 12.0. The standard InChI is InChI=1S/C10H12N2O3S/c1-7(2)11-10(13)8-5-3-4-6-9(8)16-12(11,14)15/h3-7,14H,1-2H3. The van der Waals surface area contributed by atoms with Crippen LogP contribution >= 0.6 is 11.9 Å². The summed E-state index contributed by atoms with van der Waals surface area (Å²) in [6.45, 7) is 3.38. The van der Waals surface area contributed by atoms with Gasteiger partial charge in [-0.1, -0.05) is 12.1 Å². The summed E-state index contributed by atoms with van der Waals surface area (Å²) in [4.78, 5) is 12.5. The zero-order chi connectivity index (χ0) is 11.9. The molecule has 2 rings (SSSR count). The third-order valence-electron chi connectivity index (χ3n) is 2.30. The number of carbonyl (C=O) groups excluding carboxylic acids is 1. The van der Waals surface area contributed by atoms with Crippen LogP contribution in [0.2, 0.25) is 0 Å². The number of quaternary nitrogens is 1. The van der Waals surface area contributed by atoms with E-state index in [1.54, 1.807) is 38.1 Å². The smallest absolute Gasteiger partial charge is 0.304 e. The quantitative estimate of drug-likeness (QED) is 0.464. The Morgan fingerprint density at radius 1 is 1.44 bits per heavy atom. The Balaban J connectivity index is 2.51. The average molecular weight is 240 g/mol. The molecule has 1 aliphatic heterocycles. The van der Waals surface area contributed by atoms with Crippen molar-refractivity contribution in [3.63, 3.8) is 0 Å². The molecule has 1 amide bonds. The highest BCUT2D eigenvalue weighted by Crippen LogP contribution is 2.39. The summed E-state index contributed by atoms with van der Waals surface area (Å²) >= 11 is 0.697. The molecule has 0 bridgehead atoms. The lowest BCUT2D eigenvalue weighted by molar-refractivity contribution is -1.04. The van der Waals surface area contributed by atoms with Crippen LogP contribution in [0.3, 0.4) is 0 Å². The van der Waals surface area contributed by atoms with E-state index >= 15 is 0 Å². The molecule has 1 aromatic rings. The van der Waals surface area contributed by atoms with Crippen LogP contribution in [0.25, 0.3) is 0 Å². The minimum atomic E-state index is -1.73. The minimum Gasteiger partial charge on any atom is -0.560 e. The van der Waals surface area contributed by atoms with Crippen molar-refractivity contribution in [2.45, 2.75) is 24.8 Å². The van der Waals surface area contributed by atoms with Crippen molar-refractivity contribution < 1.29 is 14.3 Å². The Kier molecular flexibility index (Phi) is 2.67. The Morgan fingerprint density at radius 3 is 2.69 bits per heavy atom. The summed E-state index contributed by atoms with van der Waals surface area (Å²) in [5.74, 6) is -0.443. The topological polar surface area (TPSA) is 63.6 Å². The van der Waals surface area contributed by atoms with Gasteiger partial charge >= 0.3 is 5.91 Å². The fraction of sp³-hybridized carbons (Fsp3) is 0.300. The zero-order valence-electron chi connectivity index (χ0n) is 8.95. The van der Waals surface area contributed by atoms with Crippen molar-refractivity contribution in [3.05, 3.63) is 35.0 Å². The second-order valence-corrected chi connectivity index (χ2v) is 4.92. The number of nitrogens with zero attached hydrogens (tertiary/aromatic N) is 2. The molecule has 1 unspecified atom stereocenters. The molecule has 1 aliphatic rings. The second kappa shape index (κ2) is 3.74. The number of hydrogen-bond donors (Lipinski definition) is 1. The van der Waals surface area contributed by atoms with E-state index < -0.39 is 10.2 Å². The number of amides is 1. The molecule has 6 heteroatoms. The van der Waals surface area contributed by atoms with Gasteiger partial charge in [0.25, 0.3) is 0 Å². The zero-order valence-corrected chi connectivity index (χ0v) is 9.77. The van der Waals surface area contributed by atoms with Gasteiger partial charge in [0.1, 0.15) is 0 Å². The van der Waals surface area contributed by atoms with Crippen LogP contribution in [0.4, 0.5) is 0 Å². The first kappa shape index (κ1) is 11.4. The van der Waals surface area contributed by atoms with Crippen LogP contribution < -0.4 is 0 Å². The van der Waals surface area contributed by atoms with E-state index in [1.165, 1.54) is 0 Å². The van der Waals surface area contributed by atoms with Gasteiger partial charge in [-0.3, -0.25) is 4.79 Å². The molecule has 0 radical (unpaired) electrons. The van der Waals surface area contributed by atoms with E-state index in [1.807, 2.05) is 0 Å². The maximum Gasteiger partial charge on any atom is 0.304 e. The second-order valence-electron chi connectivity index (χ2n) is 3.82. The van der Waals surface area contributed by atoms with Crippen molar-refractivity contribution in [1.29, 1.82) is 0 Å². The monoisotopic (exact) mass is 240 g/mol.